The second-order valence-electron chi connectivity index (χ2n) is 4.20. The van der Waals surface area contributed by atoms with Crippen molar-refractivity contribution in [2.24, 2.45) is 0 Å². The highest BCUT2D eigenvalue weighted by molar-refractivity contribution is 7.98. The van der Waals surface area contributed by atoms with Crippen LogP contribution in [0.15, 0.2) is 35.2 Å². The summed E-state index contributed by atoms with van der Waals surface area (Å²) in [5.41, 5.74) is 8.78. The maximum absolute atomic E-state index is 9.35. The molecule has 0 bridgehead atoms. The molecule has 0 aliphatic rings. The molecule has 5 heteroatoms. The van der Waals surface area contributed by atoms with Crippen LogP contribution in [0.3, 0.4) is 0 Å². The molecule has 0 atom stereocenters. The van der Waals surface area contributed by atoms with E-state index in [1.165, 1.54) is 11.8 Å². The van der Waals surface area contributed by atoms with Gasteiger partial charge in [0.15, 0.2) is 0 Å². The first kappa shape index (κ1) is 14.5. The topological polar surface area (TPSA) is 97.4 Å². The van der Waals surface area contributed by atoms with Gasteiger partial charge in [0.05, 0.1) is 28.4 Å². The van der Waals surface area contributed by atoms with Crippen molar-refractivity contribution in [2.45, 2.75) is 4.90 Å². The third-order valence-electron chi connectivity index (χ3n) is 3.10. The fourth-order valence-corrected chi connectivity index (χ4v) is 2.62. The van der Waals surface area contributed by atoms with Crippen LogP contribution in [0.4, 0.5) is 5.69 Å². The van der Waals surface area contributed by atoms with E-state index in [-0.39, 0.29) is 11.3 Å². The van der Waals surface area contributed by atoms with E-state index in [0.717, 1.165) is 10.5 Å². The average Bonchev–Trinajstić information content (AvgIpc) is 2.53. The van der Waals surface area contributed by atoms with Crippen molar-refractivity contribution in [2.75, 3.05) is 12.0 Å². The van der Waals surface area contributed by atoms with Crippen LogP contribution >= 0.6 is 11.8 Å². The van der Waals surface area contributed by atoms with Crippen LogP contribution in [0.5, 0.6) is 0 Å². The number of rotatable bonds is 2. The van der Waals surface area contributed by atoms with Crippen molar-refractivity contribution in [3.8, 4) is 29.3 Å². The van der Waals surface area contributed by atoms with Crippen LogP contribution in [0.25, 0.3) is 11.1 Å². The molecule has 0 aliphatic carbocycles. The van der Waals surface area contributed by atoms with Gasteiger partial charge in [-0.15, -0.1) is 11.8 Å². The van der Waals surface area contributed by atoms with Crippen molar-refractivity contribution in [1.82, 2.24) is 0 Å². The Hall–Kier alpha value is -2.94. The molecule has 0 radical (unpaired) electrons. The second-order valence-corrected chi connectivity index (χ2v) is 5.05. The van der Waals surface area contributed by atoms with Crippen LogP contribution in [-0.2, 0) is 0 Å². The minimum atomic E-state index is 0.200. The van der Waals surface area contributed by atoms with E-state index >= 15 is 0 Å². The lowest BCUT2D eigenvalue weighted by Gasteiger charge is -2.12. The van der Waals surface area contributed by atoms with E-state index in [2.05, 4.69) is 6.07 Å². The SMILES string of the molecule is CSc1cc(-c2ccc(C#N)cc2)c(C#N)c(N)c1C#N. The highest BCUT2D eigenvalue weighted by atomic mass is 32.2. The van der Waals surface area contributed by atoms with Crippen LogP contribution < -0.4 is 5.73 Å². The molecule has 2 aromatic carbocycles. The van der Waals surface area contributed by atoms with E-state index in [0.29, 0.717) is 16.7 Å². The number of benzene rings is 2. The molecule has 0 aliphatic heterocycles. The average molecular weight is 290 g/mol. The third kappa shape index (κ3) is 2.54. The van der Waals surface area contributed by atoms with Crippen LogP contribution in [0.1, 0.15) is 16.7 Å². The first-order chi connectivity index (χ1) is 10.2. The molecule has 0 unspecified atom stereocenters. The Labute approximate surface area is 127 Å². The molecule has 0 saturated heterocycles. The van der Waals surface area contributed by atoms with Gasteiger partial charge >= 0.3 is 0 Å². The number of hydrogen-bond acceptors (Lipinski definition) is 5. The summed E-state index contributed by atoms with van der Waals surface area (Å²) in [7, 11) is 0. The van der Waals surface area contributed by atoms with Crippen molar-refractivity contribution >= 4 is 17.4 Å². The van der Waals surface area contributed by atoms with Gasteiger partial charge in [-0.05, 0) is 30.0 Å². The van der Waals surface area contributed by atoms with Gasteiger partial charge in [-0.2, -0.15) is 15.8 Å². The van der Waals surface area contributed by atoms with Gasteiger partial charge in [-0.25, -0.2) is 0 Å². The Kier molecular flexibility index (Phi) is 4.14. The number of anilines is 1. The molecule has 0 amide bonds. The molecule has 0 fully saturated rings. The third-order valence-corrected chi connectivity index (χ3v) is 3.86. The Morgan fingerprint density at radius 2 is 1.57 bits per heavy atom. The van der Waals surface area contributed by atoms with E-state index in [1.54, 1.807) is 30.3 Å². The van der Waals surface area contributed by atoms with Gasteiger partial charge in [0.25, 0.3) is 0 Å². The summed E-state index contributed by atoms with van der Waals surface area (Å²) in [6.45, 7) is 0. The fraction of sp³-hybridized carbons (Fsp3) is 0.0625. The second kappa shape index (κ2) is 6.01. The molecule has 21 heavy (non-hydrogen) atoms. The zero-order chi connectivity index (χ0) is 15.4. The number of thioether (sulfide) groups is 1. The monoisotopic (exact) mass is 290 g/mol. The maximum Gasteiger partial charge on any atom is 0.103 e. The summed E-state index contributed by atoms with van der Waals surface area (Å²) in [6.07, 6.45) is 1.85. The first-order valence-electron chi connectivity index (χ1n) is 5.97. The minimum Gasteiger partial charge on any atom is -0.397 e. The summed E-state index contributed by atoms with van der Waals surface area (Å²) >= 11 is 1.41. The van der Waals surface area contributed by atoms with Gasteiger partial charge in [-0.3, -0.25) is 0 Å². The van der Waals surface area contributed by atoms with Crippen LogP contribution in [0.2, 0.25) is 0 Å². The van der Waals surface area contributed by atoms with Crippen LogP contribution in [0, 0.1) is 34.0 Å². The first-order valence-corrected chi connectivity index (χ1v) is 7.20. The summed E-state index contributed by atoms with van der Waals surface area (Å²) < 4.78 is 0. The lowest BCUT2D eigenvalue weighted by Crippen LogP contribution is -2.00. The van der Waals surface area contributed by atoms with Crippen molar-refractivity contribution < 1.29 is 0 Å². The zero-order valence-electron chi connectivity index (χ0n) is 11.2. The molecule has 0 heterocycles. The van der Waals surface area contributed by atoms with Gasteiger partial charge in [0.1, 0.15) is 12.1 Å². The molecular weight excluding hydrogens is 280 g/mol. The van der Waals surface area contributed by atoms with E-state index in [1.807, 2.05) is 18.4 Å². The molecular formula is C16H10N4S. The van der Waals surface area contributed by atoms with Crippen LogP contribution in [-0.4, -0.2) is 6.26 Å². The molecule has 4 nitrogen and oxygen atoms in total. The Bertz CT molecular complexity index is 818. The molecule has 0 saturated carbocycles. The highest BCUT2D eigenvalue weighted by Gasteiger charge is 2.16. The van der Waals surface area contributed by atoms with E-state index < -0.39 is 0 Å². The maximum atomic E-state index is 9.35. The number of hydrogen-bond donors (Lipinski definition) is 1. The molecule has 2 rings (SSSR count). The van der Waals surface area contributed by atoms with E-state index in [9.17, 15) is 10.5 Å². The standard InChI is InChI=1S/C16H10N4S/c1-21-15-6-12(11-4-2-10(7-17)3-5-11)13(8-18)16(20)14(15)9-19/h2-6H,20H2,1H3. The predicted octanol–water partition coefficient (Wildman–Crippen LogP) is 3.27. The fourth-order valence-electron chi connectivity index (χ4n) is 2.03. The largest absolute Gasteiger partial charge is 0.397 e. The number of nitrogens with zero attached hydrogens (tertiary/aromatic N) is 3. The molecule has 2 aromatic rings. The number of nitriles is 3. The van der Waals surface area contributed by atoms with Gasteiger partial charge < -0.3 is 5.73 Å². The quantitative estimate of drug-likeness (QED) is 0.676. The lowest BCUT2D eigenvalue weighted by molar-refractivity contribution is 1.35. The van der Waals surface area contributed by atoms with Crippen molar-refractivity contribution in [3.63, 3.8) is 0 Å². The summed E-state index contributed by atoms with van der Waals surface area (Å²) in [5.74, 6) is 0. The molecule has 0 aromatic heterocycles. The normalized spacial score (nSPS) is 9.43. The molecule has 100 valence electrons. The number of nitrogen functional groups attached to an aromatic ring is 1. The molecule has 2 N–H and O–H groups in total. The van der Waals surface area contributed by atoms with Crippen molar-refractivity contribution in [3.05, 3.63) is 47.0 Å². The Balaban J connectivity index is 2.74. The van der Waals surface area contributed by atoms with E-state index in [4.69, 9.17) is 11.0 Å². The Morgan fingerprint density at radius 3 is 2.05 bits per heavy atom. The Morgan fingerprint density at radius 1 is 0.952 bits per heavy atom. The lowest BCUT2D eigenvalue weighted by atomic mass is 9.96. The summed E-state index contributed by atoms with van der Waals surface area (Å²) in [4.78, 5) is 0.730. The summed E-state index contributed by atoms with van der Waals surface area (Å²) in [6, 6.07) is 14.9. The zero-order valence-corrected chi connectivity index (χ0v) is 12.0. The number of nitrogens with two attached hydrogens (primary N) is 1. The van der Waals surface area contributed by atoms with Gasteiger partial charge in [0, 0.05) is 10.5 Å². The smallest absolute Gasteiger partial charge is 0.103 e. The van der Waals surface area contributed by atoms with Crippen molar-refractivity contribution in [1.29, 1.82) is 15.8 Å². The predicted molar refractivity (Wildman–Crippen MR) is 82.2 cm³/mol. The minimum absolute atomic E-state index is 0.200. The highest BCUT2D eigenvalue weighted by Crippen LogP contribution is 2.35. The van der Waals surface area contributed by atoms with Gasteiger partial charge in [-0.1, -0.05) is 12.1 Å². The van der Waals surface area contributed by atoms with Gasteiger partial charge in [0.2, 0.25) is 0 Å². The summed E-state index contributed by atoms with van der Waals surface area (Å²) in [5, 5.41) is 27.4. The molecule has 0 spiro atoms.